The fraction of sp³-hybridized carbons (Fsp3) is 0.500. The third-order valence-corrected chi connectivity index (χ3v) is 4.38. The number of rotatable bonds is 3. The first kappa shape index (κ1) is 12.5. The SMILES string of the molecule is CSC1CCCC1Nc1cc(C#N)cc(Cl)n1. The second-order valence-electron chi connectivity index (χ2n) is 4.13. The van der Waals surface area contributed by atoms with E-state index in [2.05, 4.69) is 22.6 Å². The van der Waals surface area contributed by atoms with Crippen LogP contribution in [-0.4, -0.2) is 22.5 Å². The van der Waals surface area contributed by atoms with Crippen molar-refractivity contribution in [3.8, 4) is 6.07 Å². The molecule has 1 fully saturated rings. The maximum Gasteiger partial charge on any atom is 0.132 e. The van der Waals surface area contributed by atoms with E-state index in [0.717, 1.165) is 6.42 Å². The minimum absolute atomic E-state index is 0.366. The zero-order valence-corrected chi connectivity index (χ0v) is 11.2. The minimum Gasteiger partial charge on any atom is -0.366 e. The zero-order chi connectivity index (χ0) is 12.3. The molecular formula is C12H14ClN3S. The predicted octanol–water partition coefficient (Wildman–Crippen LogP) is 3.30. The number of nitriles is 1. The molecule has 0 aliphatic heterocycles. The molecule has 17 heavy (non-hydrogen) atoms. The molecule has 0 saturated heterocycles. The van der Waals surface area contributed by atoms with E-state index in [1.54, 1.807) is 12.1 Å². The van der Waals surface area contributed by atoms with Crippen LogP contribution in [0.1, 0.15) is 24.8 Å². The van der Waals surface area contributed by atoms with Gasteiger partial charge in [-0.2, -0.15) is 17.0 Å². The Labute approximate surface area is 111 Å². The van der Waals surface area contributed by atoms with Gasteiger partial charge in [0, 0.05) is 11.3 Å². The summed E-state index contributed by atoms with van der Waals surface area (Å²) < 4.78 is 0. The number of halogens is 1. The maximum atomic E-state index is 8.88. The van der Waals surface area contributed by atoms with Gasteiger partial charge in [-0.1, -0.05) is 18.0 Å². The molecule has 2 unspecified atom stereocenters. The highest BCUT2D eigenvalue weighted by molar-refractivity contribution is 7.99. The van der Waals surface area contributed by atoms with E-state index >= 15 is 0 Å². The van der Waals surface area contributed by atoms with E-state index < -0.39 is 0 Å². The molecule has 0 bridgehead atoms. The first-order valence-electron chi connectivity index (χ1n) is 5.60. The number of nitrogens with zero attached hydrogens (tertiary/aromatic N) is 2. The summed E-state index contributed by atoms with van der Waals surface area (Å²) in [6.45, 7) is 0. The van der Waals surface area contributed by atoms with Crippen molar-refractivity contribution in [3.05, 3.63) is 22.8 Å². The molecule has 0 spiro atoms. The van der Waals surface area contributed by atoms with Crippen LogP contribution in [0.15, 0.2) is 12.1 Å². The molecule has 5 heteroatoms. The van der Waals surface area contributed by atoms with Crippen LogP contribution in [0.2, 0.25) is 5.15 Å². The fourth-order valence-electron chi connectivity index (χ4n) is 2.20. The Balaban J connectivity index is 2.13. The average molecular weight is 268 g/mol. The molecule has 1 N–H and O–H groups in total. The topological polar surface area (TPSA) is 48.7 Å². The Morgan fingerprint density at radius 2 is 2.35 bits per heavy atom. The molecule has 2 atom stereocenters. The lowest BCUT2D eigenvalue weighted by Gasteiger charge is -2.19. The minimum atomic E-state index is 0.366. The molecule has 1 aromatic heterocycles. The Morgan fingerprint density at radius 3 is 3.06 bits per heavy atom. The van der Waals surface area contributed by atoms with Gasteiger partial charge < -0.3 is 5.32 Å². The van der Waals surface area contributed by atoms with Gasteiger partial charge in [-0.05, 0) is 31.2 Å². The Bertz CT molecular complexity index is 444. The quantitative estimate of drug-likeness (QED) is 0.854. The van der Waals surface area contributed by atoms with Gasteiger partial charge in [0.15, 0.2) is 0 Å². The molecule has 3 nitrogen and oxygen atoms in total. The van der Waals surface area contributed by atoms with E-state index in [4.69, 9.17) is 16.9 Å². The van der Waals surface area contributed by atoms with Crippen LogP contribution >= 0.6 is 23.4 Å². The van der Waals surface area contributed by atoms with Crippen molar-refractivity contribution >= 4 is 29.2 Å². The zero-order valence-electron chi connectivity index (χ0n) is 9.61. The lowest BCUT2D eigenvalue weighted by atomic mass is 10.2. The highest BCUT2D eigenvalue weighted by atomic mass is 35.5. The summed E-state index contributed by atoms with van der Waals surface area (Å²) >= 11 is 7.76. The van der Waals surface area contributed by atoms with Crippen LogP contribution < -0.4 is 5.32 Å². The summed E-state index contributed by atoms with van der Waals surface area (Å²) in [6.07, 6.45) is 5.78. The van der Waals surface area contributed by atoms with E-state index in [0.29, 0.717) is 27.8 Å². The summed E-state index contributed by atoms with van der Waals surface area (Å²) in [5.74, 6) is 0.708. The number of thioether (sulfide) groups is 1. The fourth-order valence-corrected chi connectivity index (χ4v) is 3.34. The van der Waals surface area contributed by atoms with Crippen LogP contribution in [0.25, 0.3) is 0 Å². The van der Waals surface area contributed by atoms with Gasteiger partial charge in [0.2, 0.25) is 0 Å². The van der Waals surface area contributed by atoms with E-state index in [9.17, 15) is 0 Å². The standard InChI is InChI=1S/C12H14ClN3S/c1-17-10-4-2-3-9(10)15-12-6-8(7-14)5-11(13)16-12/h5-6,9-10H,2-4H2,1H3,(H,15,16). The third-order valence-electron chi connectivity index (χ3n) is 3.01. The van der Waals surface area contributed by atoms with Gasteiger partial charge in [-0.15, -0.1) is 0 Å². The first-order chi connectivity index (χ1) is 8.22. The number of nitrogens with one attached hydrogen (secondary N) is 1. The van der Waals surface area contributed by atoms with Crippen molar-refractivity contribution in [2.24, 2.45) is 0 Å². The largest absolute Gasteiger partial charge is 0.366 e. The Hall–Kier alpha value is -0.920. The molecule has 0 amide bonds. The summed E-state index contributed by atoms with van der Waals surface area (Å²) in [7, 11) is 0. The van der Waals surface area contributed by atoms with E-state index in [1.807, 2.05) is 11.8 Å². The van der Waals surface area contributed by atoms with E-state index in [-0.39, 0.29) is 0 Å². The molecule has 1 aromatic rings. The Morgan fingerprint density at radius 1 is 1.53 bits per heavy atom. The number of hydrogen-bond acceptors (Lipinski definition) is 4. The third kappa shape index (κ3) is 3.05. The monoisotopic (exact) mass is 267 g/mol. The smallest absolute Gasteiger partial charge is 0.132 e. The molecule has 2 rings (SSSR count). The van der Waals surface area contributed by atoms with Gasteiger partial charge in [0.25, 0.3) is 0 Å². The van der Waals surface area contributed by atoms with Crippen molar-refractivity contribution in [2.75, 3.05) is 11.6 Å². The second kappa shape index (κ2) is 5.61. The highest BCUT2D eigenvalue weighted by Crippen LogP contribution is 2.30. The summed E-state index contributed by atoms with van der Waals surface area (Å²) in [5, 5.41) is 13.3. The lowest BCUT2D eigenvalue weighted by Crippen LogP contribution is -2.26. The van der Waals surface area contributed by atoms with Gasteiger partial charge >= 0.3 is 0 Å². The van der Waals surface area contributed by atoms with Gasteiger partial charge in [-0.25, -0.2) is 4.98 Å². The lowest BCUT2D eigenvalue weighted by molar-refractivity contribution is 0.763. The maximum absolute atomic E-state index is 8.88. The van der Waals surface area contributed by atoms with Gasteiger partial charge in [0.05, 0.1) is 11.6 Å². The van der Waals surface area contributed by atoms with Gasteiger partial charge in [-0.3, -0.25) is 0 Å². The van der Waals surface area contributed by atoms with Crippen LogP contribution in [0, 0.1) is 11.3 Å². The molecular weight excluding hydrogens is 254 g/mol. The van der Waals surface area contributed by atoms with E-state index in [1.165, 1.54) is 12.8 Å². The number of pyridine rings is 1. The van der Waals surface area contributed by atoms with Crippen molar-refractivity contribution in [1.29, 1.82) is 5.26 Å². The molecule has 0 radical (unpaired) electrons. The highest BCUT2D eigenvalue weighted by Gasteiger charge is 2.26. The second-order valence-corrected chi connectivity index (χ2v) is 5.60. The van der Waals surface area contributed by atoms with Crippen molar-refractivity contribution in [1.82, 2.24) is 4.98 Å². The van der Waals surface area contributed by atoms with Crippen molar-refractivity contribution < 1.29 is 0 Å². The molecule has 1 heterocycles. The summed E-state index contributed by atoms with van der Waals surface area (Å²) in [4.78, 5) is 4.21. The van der Waals surface area contributed by atoms with Crippen LogP contribution in [-0.2, 0) is 0 Å². The van der Waals surface area contributed by atoms with Crippen molar-refractivity contribution in [2.45, 2.75) is 30.6 Å². The molecule has 1 aliphatic rings. The molecule has 1 saturated carbocycles. The number of aromatic nitrogens is 1. The average Bonchev–Trinajstić information content (AvgIpc) is 2.75. The molecule has 0 aromatic carbocycles. The van der Waals surface area contributed by atoms with Crippen LogP contribution in [0.3, 0.4) is 0 Å². The van der Waals surface area contributed by atoms with Crippen LogP contribution in [0.4, 0.5) is 5.82 Å². The normalized spacial score (nSPS) is 23.4. The van der Waals surface area contributed by atoms with Crippen molar-refractivity contribution in [3.63, 3.8) is 0 Å². The van der Waals surface area contributed by atoms with Gasteiger partial charge in [0.1, 0.15) is 11.0 Å². The van der Waals surface area contributed by atoms with Crippen LogP contribution in [0.5, 0.6) is 0 Å². The number of anilines is 1. The number of hydrogen-bond donors (Lipinski definition) is 1. The summed E-state index contributed by atoms with van der Waals surface area (Å²) in [6, 6.07) is 5.85. The predicted molar refractivity (Wildman–Crippen MR) is 72.5 cm³/mol. The Kier molecular flexibility index (Phi) is 4.14. The first-order valence-corrected chi connectivity index (χ1v) is 7.26. The molecule has 90 valence electrons. The summed E-state index contributed by atoms with van der Waals surface area (Å²) in [5.41, 5.74) is 0.547. The molecule has 1 aliphatic carbocycles.